The number of rotatable bonds is 5. The lowest BCUT2D eigenvalue weighted by Crippen LogP contribution is -2.44. The molecular weight excluding hydrogens is 340 g/mol. The summed E-state index contributed by atoms with van der Waals surface area (Å²) < 4.78 is 5.69. The van der Waals surface area contributed by atoms with Crippen LogP contribution in [0, 0.1) is 0 Å². The Hall–Kier alpha value is -2.73. The number of nitrogens with one attached hydrogen (secondary N) is 1. The second kappa shape index (κ2) is 8.31. The summed E-state index contributed by atoms with van der Waals surface area (Å²) in [5.41, 5.74) is 8.89. The lowest BCUT2D eigenvalue weighted by atomic mass is 10.1. The Balaban J connectivity index is 1.80. The molecular formula is C21H28N4O2. The molecule has 2 aromatic rings. The number of carbonyl (C=O) groups excluding carboxylic acids is 1. The average molecular weight is 368 g/mol. The third-order valence-corrected chi connectivity index (χ3v) is 4.58. The van der Waals surface area contributed by atoms with Gasteiger partial charge in [-0.1, -0.05) is 6.07 Å². The highest BCUT2D eigenvalue weighted by Gasteiger charge is 2.19. The van der Waals surface area contributed by atoms with Crippen molar-refractivity contribution in [3.05, 3.63) is 48.0 Å². The van der Waals surface area contributed by atoms with Crippen LogP contribution in [-0.2, 0) is 0 Å². The highest BCUT2D eigenvalue weighted by atomic mass is 16.5. The van der Waals surface area contributed by atoms with Crippen molar-refractivity contribution in [2.45, 2.75) is 20.0 Å². The lowest BCUT2D eigenvalue weighted by Gasteiger charge is -2.35. The fraction of sp³-hybridized carbons (Fsp3) is 0.381. The Bertz CT molecular complexity index is 799. The largest absolute Gasteiger partial charge is 0.491 e. The van der Waals surface area contributed by atoms with Crippen molar-refractivity contribution in [3.8, 4) is 5.75 Å². The molecule has 1 amide bonds. The van der Waals surface area contributed by atoms with E-state index in [4.69, 9.17) is 10.5 Å². The minimum Gasteiger partial charge on any atom is -0.491 e. The van der Waals surface area contributed by atoms with Gasteiger partial charge in [0.2, 0.25) is 0 Å². The quantitative estimate of drug-likeness (QED) is 0.794. The van der Waals surface area contributed by atoms with Gasteiger partial charge in [0.15, 0.2) is 0 Å². The normalized spacial score (nSPS) is 15.0. The number of likely N-dealkylation sites (N-methyl/N-ethyl adjacent to an activating group) is 1. The molecule has 3 N–H and O–H groups in total. The Morgan fingerprint density at radius 3 is 2.56 bits per heavy atom. The van der Waals surface area contributed by atoms with Crippen LogP contribution in [0.4, 0.5) is 17.1 Å². The number of ether oxygens (including phenoxy) is 1. The van der Waals surface area contributed by atoms with Gasteiger partial charge in [0, 0.05) is 37.4 Å². The zero-order valence-electron chi connectivity index (χ0n) is 16.2. The molecule has 0 atom stereocenters. The molecule has 0 aliphatic carbocycles. The van der Waals surface area contributed by atoms with Gasteiger partial charge in [0.25, 0.3) is 5.91 Å². The molecule has 6 nitrogen and oxygen atoms in total. The molecule has 1 aliphatic rings. The molecule has 6 heteroatoms. The number of amides is 1. The standard InChI is InChI=1S/C21H28N4O2/c1-15(2)27-18-6-4-5-16(13-18)21(26)23-19-14-17(22)7-8-20(19)25-11-9-24(3)10-12-25/h4-8,13-15H,9-12,22H2,1-3H3,(H,23,26). The van der Waals surface area contributed by atoms with Gasteiger partial charge in [-0.05, 0) is 57.3 Å². The van der Waals surface area contributed by atoms with Crippen LogP contribution < -0.4 is 20.7 Å². The third kappa shape index (κ3) is 4.92. The van der Waals surface area contributed by atoms with Crippen LogP contribution in [-0.4, -0.2) is 50.1 Å². The predicted octanol–water partition coefficient (Wildman–Crippen LogP) is 3.06. The number of carbonyl (C=O) groups is 1. The van der Waals surface area contributed by atoms with Gasteiger partial charge in [0.1, 0.15) is 5.75 Å². The van der Waals surface area contributed by atoms with E-state index in [1.54, 1.807) is 12.1 Å². The number of nitrogens with two attached hydrogens (primary N) is 1. The van der Waals surface area contributed by atoms with Crippen molar-refractivity contribution in [3.63, 3.8) is 0 Å². The molecule has 27 heavy (non-hydrogen) atoms. The van der Waals surface area contributed by atoms with E-state index in [0.29, 0.717) is 17.0 Å². The van der Waals surface area contributed by atoms with E-state index in [0.717, 1.165) is 37.6 Å². The van der Waals surface area contributed by atoms with Crippen molar-refractivity contribution in [1.29, 1.82) is 0 Å². The maximum Gasteiger partial charge on any atom is 0.255 e. The maximum absolute atomic E-state index is 12.8. The van der Waals surface area contributed by atoms with Gasteiger partial charge < -0.3 is 25.6 Å². The predicted molar refractivity (Wildman–Crippen MR) is 111 cm³/mol. The Kier molecular flexibility index (Phi) is 5.86. The minimum absolute atomic E-state index is 0.0565. The molecule has 2 aromatic carbocycles. The van der Waals surface area contributed by atoms with E-state index in [9.17, 15) is 4.79 Å². The first-order chi connectivity index (χ1) is 12.9. The first-order valence-electron chi connectivity index (χ1n) is 9.33. The van der Waals surface area contributed by atoms with Crippen LogP contribution in [0.3, 0.4) is 0 Å². The highest BCUT2D eigenvalue weighted by Crippen LogP contribution is 2.30. The van der Waals surface area contributed by atoms with E-state index in [1.807, 2.05) is 44.2 Å². The zero-order chi connectivity index (χ0) is 19.4. The molecule has 0 unspecified atom stereocenters. The second-order valence-electron chi connectivity index (χ2n) is 7.22. The number of hydrogen-bond donors (Lipinski definition) is 2. The van der Waals surface area contributed by atoms with Gasteiger partial charge in [-0.15, -0.1) is 0 Å². The molecule has 0 saturated carbocycles. The molecule has 1 fully saturated rings. The summed E-state index contributed by atoms with van der Waals surface area (Å²) in [6, 6.07) is 12.9. The minimum atomic E-state index is -0.176. The molecule has 0 radical (unpaired) electrons. The molecule has 3 rings (SSSR count). The molecule has 0 spiro atoms. The van der Waals surface area contributed by atoms with E-state index in [2.05, 4.69) is 22.2 Å². The number of nitrogen functional groups attached to an aromatic ring is 1. The Morgan fingerprint density at radius 2 is 1.85 bits per heavy atom. The van der Waals surface area contributed by atoms with Crippen LogP contribution in [0.2, 0.25) is 0 Å². The first kappa shape index (κ1) is 19.0. The monoisotopic (exact) mass is 368 g/mol. The van der Waals surface area contributed by atoms with E-state index < -0.39 is 0 Å². The van der Waals surface area contributed by atoms with Gasteiger partial charge in [-0.3, -0.25) is 4.79 Å². The zero-order valence-corrected chi connectivity index (χ0v) is 16.2. The third-order valence-electron chi connectivity index (χ3n) is 4.58. The van der Waals surface area contributed by atoms with Crippen LogP contribution in [0.1, 0.15) is 24.2 Å². The summed E-state index contributed by atoms with van der Waals surface area (Å²) in [6.45, 7) is 7.74. The average Bonchev–Trinajstić information content (AvgIpc) is 2.62. The first-order valence-corrected chi connectivity index (χ1v) is 9.33. The fourth-order valence-electron chi connectivity index (χ4n) is 3.15. The summed E-state index contributed by atoms with van der Waals surface area (Å²) in [5.74, 6) is 0.509. The number of piperazine rings is 1. The van der Waals surface area contributed by atoms with Crippen LogP contribution in [0.5, 0.6) is 5.75 Å². The van der Waals surface area contributed by atoms with Crippen molar-refractivity contribution in [2.24, 2.45) is 0 Å². The summed E-state index contributed by atoms with van der Waals surface area (Å²) in [5, 5.41) is 3.03. The summed E-state index contributed by atoms with van der Waals surface area (Å²) in [4.78, 5) is 17.4. The number of nitrogens with zero attached hydrogens (tertiary/aromatic N) is 2. The van der Waals surface area contributed by atoms with Gasteiger partial charge in [0.05, 0.1) is 17.5 Å². The molecule has 1 heterocycles. The van der Waals surface area contributed by atoms with E-state index in [1.165, 1.54) is 0 Å². The lowest BCUT2D eigenvalue weighted by molar-refractivity contribution is 0.102. The van der Waals surface area contributed by atoms with Crippen LogP contribution >= 0.6 is 0 Å². The Morgan fingerprint density at radius 1 is 1.11 bits per heavy atom. The number of anilines is 3. The van der Waals surface area contributed by atoms with Crippen LogP contribution in [0.15, 0.2) is 42.5 Å². The smallest absolute Gasteiger partial charge is 0.255 e. The van der Waals surface area contributed by atoms with E-state index >= 15 is 0 Å². The van der Waals surface area contributed by atoms with Gasteiger partial charge in [-0.25, -0.2) is 0 Å². The summed E-state index contributed by atoms with van der Waals surface area (Å²) >= 11 is 0. The molecule has 0 bridgehead atoms. The van der Waals surface area contributed by atoms with Gasteiger partial charge in [-0.2, -0.15) is 0 Å². The van der Waals surface area contributed by atoms with Crippen molar-refractivity contribution in [2.75, 3.05) is 49.2 Å². The van der Waals surface area contributed by atoms with E-state index in [-0.39, 0.29) is 12.0 Å². The number of benzene rings is 2. The molecule has 1 saturated heterocycles. The molecule has 1 aliphatic heterocycles. The summed E-state index contributed by atoms with van der Waals surface area (Å²) in [7, 11) is 2.12. The highest BCUT2D eigenvalue weighted by molar-refractivity contribution is 6.06. The maximum atomic E-state index is 12.8. The van der Waals surface area contributed by atoms with Crippen molar-refractivity contribution < 1.29 is 9.53 Å². The topological polar surface area (TPSA) is 70.8 Å². The van der Waals surface area contributed by atoms with Crippen molar-refractivity contribution >= 4 is 23.0 Å². The fourth-order valence-corrected chi connectivity index (χ4v) is 3.15. The van der Waals surface area contributed by atoms with Gasteiger partial charge >= 0.3 is 0 Å². The Labute approximate surface area is 160 Å². The van der Waals surface area contributed by atoms with Crippen LogP contribution in [0.25, 0.3) is 0 Å². The number of hydrogen-bond acceptors (Lipinski definition) is 5. The molecule has 0 aromatic heterocycles. The summed E-state index contributed by atoms with van der Waals surface area (Å²) in [6.07, 6.45) is 0.0565. The second-order valence-corrected chi connectivity index (χ2v) is 7.22. The SMILES string of the molecule is CC(C)Oc1cccc(C(=O)Nc2cc(N)ccc2N2CCN(C)CC2)c1. The van der Waals surface area contributed by atoms with Crippen molar-refractivity contribution in [1.82, 2.24) is 4.90 Å². The molecule has 144 valence electrons.